The van der Waals surface area contributed by atoms with Crippen molar-refractivity contribution in [2.24, 2.45) is 13.0 Å². The quantitative estimate of drug-likeness (QED) is 0.889. The lowest BCUT2D eigenvalue weighted by Crippen LogP contribution is -2.08. The van der Waals surface area contributed by atoms with Crippen LogP contribution in [0.3, 0.4) is 0 Å². The Morgan fingerprint density at radius 3 is 2.69 bits per heavy atom. The molecule has 0 saturated carbocycles. The molecule has 1 aromatic rings. The number of rotatable bonds is 3. The maximum atomic E-state index is 9.90. The van der Waals surface area contributed by atoms with Gasteiger partial charge in [0.05, 0.1) is 12.3 Å². The summed E-state index contributed by atoms with van der Waals surface area (Å²) in [5.41, 5.74) is 0.872. The topological polar surface area (TPSA) is 38.1 Å². The number of hydrogen-bond donors (Lipinski definition) is 1. The minimum Gasteiger partial charge on any atom is -0.388 e. The lowest BCUT2D eigenvalue weighted by molar-refractivity contribution is 0.115. The maximum Gasteiger partial charge on any atom is 0.109 e. The van der Waals surface area contributed by atoms with E-state index in [1.54, 1.807) is 10.9 Å². The Hall–Kier alpha value is -0.350. The zero-order chi connectivity index (χ0) is 10.0. The average molecular weight is 247 g/mol. The maximum absolute atomic E-state index is 9.90. The molecule has 0 saturated heterocycles. The van der Waals surface area contributed by atoms with Gasteiger partial charge in [-0.3, -0.25) is 4.68 Å². The minimum absolute atomic E-state index is 0.264. The minimum atomic E-state index is -0.423. The second kappa shape index (κ2) is 4.24. The molecule has 0 aliphatic heterocycles. The normalized spacial score (nSPS) is 15.8. The van der Waals surface area contributed by atoms with E-state index in [0.29, 0.717) is 0 Å². The van der Waals surface area contributed by atoms with Crippen molar-refractivity contribution < 1.29 is 5.11 Å². The summed E-state index contributed by atoms with van der Waals surface area (Å²) >= 11 is 3.39. The van der Waals surface area contributed by atoms with Crippen molar-refractivity contribution >= 4 is 15.9 Å². The Morgan fingerprint density at radius 1 is 1.69 bits per heavy atom. The summed E-state index contributed by atoms with van der Waals surface area (Å²) in [7, 11) is 1.84. The highest BCUT2D eigenvalue weighted by Gasteiger charge is 2.19. The molecule has 0 radical (unpaired) electrons. The number of nitrogens with zero attached hydrogens (tertiary/aromatic N) is 2. The summed E-state index contributed by atoms with van der Waals surface area (Å²) in [5, 5.41) is 14.0. The average Bonchev–Trinajstić information content (AvgIpc) is 2.45. The van der Waals surface area contributed by atoms with Crippen molar-refractivity contribution in [2.75, 3.05) is 0 Å². The van der Waals surface area contributed by atoms with E-state index < -0.39 is 6.10 Å². The van der Waals surface area contributed by atoms with Gasteiger partial charge in [0.2, 0.25) is 0 Å². The molecular weight excluding hydrogens is 232 g/mol. The van der Waals surface area contributed by atoms with E-state index in [2.05, 4.69) is 28.0 Å². The highest BCUT2D eigenvalue weighted by atomic mass is 79.9. The smallest absolute Gasteiger partial charge is 0.109 e. The molecule has 13 heavy (non-hydrogen) atoms. The number of aliphatic hydroxyl groups is 1. The summed E-state index contributed by atoms with van der Waals surface area (Å²) in [6.45, 7) is 4.10. The molecule has 0 amide bonds. The fraction of sp³-hybridized carbons (Fsp3) is 0.667. The zero-order valence-corrected chi connectivity index (χ0v) is 9.74. The molecule has 0 spiro atoms. The number of aromatic nitrogens is 2. The highest BCUT2D eigenvalue weighted by molar-refractivity contribution is 9.10. The fourth-order valence-corrected chi connectivity index (χ4v) is 1.60. The van der Waals surface area contributed by atoms with Crippen LogP contribution >= 0.6 is 15.9 Å². The Labute approximate surface area is 86.9 Å². The van der Waals surface area contributed by atoms with Crippen LogP contribution in [0.1, 0.15) is 31.9 Å². The number of aryl methyl sites for hydroxylation is 1. The largest absolute Gasteiger partial charge is 0.388 e. The summed E-state index contributed by atoms with van der Waals surface area (Å²) in [5.74, 6) is 0.264. The van der Waals surface area contributed by atoms with Crippen molar-refractivity contribution in [2.45, 2.75) is 26.4 Å². The molecule has 2 unspecified atom stereocenters. The number of halogens is 1. The number of hydrogen-bond acceptors (Lipinski definition) is 2. The van der Waals surface area contributed by atoms with Gasteiger partial charge >= 0.3 is 0 Å². The van der Waals surface area contributed by atoms with Crippen molar-refractivity contribution in [1.29, 1.82) is 0 Å². The first-order valence-electron chi connectivity index (χ1n) is 4.43. The first-order valence-corrected chi connectivity index (χ1v) is 5.22. The number of aliphatic hydroxyl groups excluding tert-OH is 1. The van der Waals surface area contributed by atoms with Gasteiger partial charge in [0.1, 0.15) is 4.60 Å². The predicted octanol–water partition coefficient (Wildman–Crippen LogP) is 2.26. The highest BCUT2D eigenvalue weighted by Crippen LogP contribution is 2.29. The predicted molar refractivity (Wildman–Crippen MR) is 55.3 cm³/mol. The van der Waals surface area contributed by atoms with Crippen LogP contribution in [0.2, 0.25) is 0 Å². The summed E-state index contributed by atoms with van der Waals surface area (Å²) < 4.78 is 2.57. The van der Waals surface area contributed by atoms with Gasteiger partial charge in [-0.2, -0.15) is 5.10 Å². The Balaban J connectivity index is 2.88. The second-order valence-corrected chi connectivity index (χ2v) is 4.10. The summed E-state index contributed by atoms with van der Waals surface area (Å²) in [6, 6.07) is 0. The lowest BCUT2D eigenvalue weighted by atomic mass is 9.98. The van der Waals surface area contributed by atoms with Crippen LogP contribution in [0.5, 0.6) is 0 Å². The third kappa shape index (κ3) is 2.11. The van der Waals surface area contributed by atoms with Crippen LogP contribution in [0.25, 0.3) is 0 Å². The molecule has 0 aromatic carbocycles. The van der Waals surface area contributed by atoms with Gasteiger partial charge in [0.15, 0.2) is 0 Å². The van der Waals surface area contributed by atoms with Crippen molar-refractivity contribution in [3.05, 3.63) is 16.4 Å². The monoisotopic (exact) mass is 246 g/mol. The van der Waals surface area contributed by atoms with E-state index in [-0.39, 0.29) is 5.92 Å². The molecule has 0 bridgehead atoms. The first-order chi connectivity index (χ1) is 6.07. The van der Waals surface area contributed by atoms with Crippen molar-refractivity contribution in [3.8, 4) is 0 Å². The second-order valence-electron chi connectivity index (χ2n) is 3.34. The van der Waals surface area contributed by atoms with Crippen LogP contribution in [-0.4, -0.2) is 14.9 Å². The van der Waals surface area contributed by atoms with Crippen LogP contribution in [0, 0.1) is 5.92 Å². The third-order valence-electron chi connectivity index (χ3n) is 2.39. The Kier molecular flexibility index (Phi) is 3.50. The van der Waals surface area contributed by atoms with Gasteiger partial charge < -0.3 is 5.11 Å². The standard InChI is InChI=1S/C9H15BrN2O/c1-4-6(2)8(13)7-5-11-12(3)9(7)10/h5-6,8,13H,4H2,1-3H3. The van der Waals surface area contributed by atoms with Crippen LogP contribution in [-0.2, 0) is 7.05 Å². The molecule has 2 atom stereocenters. The molecule has 4 heteroatoms. The third-order valence-corrected chi connectivity index (χ3v) is 3.37. The van der Waals surface area contributed by atoms with E-state index in [1.165, 1.54) is 0 Å². The van der Waals surface area contributed by atoms with Crippen LogP contribution < -0.4 is 0 Å². The van der Waals surface area contributed by atoms with Crippen LogP contribution in [0.4, 0.5) is 0 Å². The first kappa shape index (κ1) is 10.7. The van der Waals surface area contributed by atoms with Crippen molar-refractivity contribution in [1.82, 2.24) is 9.78 Å². The molecule has 1 aromatic heterocycles. The van der Waals surface area contributed by atoms with E-state index in [4.69, 9.17) is 0 Å². The molecule has 0 aliphatic carbocycles. The van der Waals surface area contributed by atoms with Crippen molar-refractivity contribution in [3.63, 3.8) is 0 Å². The molecule has 0 aliphatic rings. The van der Waals surface area contributed by atoms with E-state index in [9.17, 15) is 5.11 Å². The van der Waals surface area contributed by atoms with Gasteiger partial charge in [-0.25, -0.2) is 0 Å². The van der Waals surface area contributed by atoms with E-state index in [0.717, 1.165) is 16.6 Å². The summed E-state index contributed by atoms with van der Waals surface area (Å²) in [6.07, 6.45) is 2.25. The van der Waals surface area contributed by atoms with Gasteiger partial charge in [0, 0.05) is 12.6 Å². The Morgan fingerprint density at radius 2 is 2.31 bits per heavy atom. The molecule has 3 nitrogen and oxygen atoms in total. The molecule has 1 N–H and O–H groups in total. The molecule has 74 valence electrons. The van der Waals surface area contributed by atoms with Crippen LogP contribution in [0.15, 0.2) is 10.8 Å². The Bertz CT molecular complexity index is 285. The van der Waals surface area contributed by atoms with E-state index >= 15 is 0 Å². The van der Waals surface area contributed by atoms with Gasteiger partial charge in [-0.15, -0.1) is 0 Å². The van der Waals surface area contributed by atoms with Gasteiger partial charge in [-0.05, 0) is 21.8 Å². The zero-order valence-electron chi connectivity index (χ0n) is 8.16. The van der Waals surface area contributed by atoms with Gasteiger partial charge in [-0.1, -0.05) is 20.3 Å². The van der Waals surface area contributed by atoms with E-state index in [1.807, 2.05) is 14.0 Å². The summed E-state index contributed by atoms with van der Waals surface area (Å²) in [4.78, 5) is 0. The SMILES string of the molecule is CCC(C)C(O)c1cnn(C)c1Br. The van der Waals surface area contributed by atoms with Gasteiger partial charge in [0.25, 0.3) is 0 Å². The fourth-order valence-electron chi connectivity index (χ4n) is 1.17. The molecule has 1 heterocycles. The molecule has 0 fully saturated rings. The lowest BCUT2D eigenvalue weighted by Gasteiger charge is -2.15. The molecule has 1 rings (SSSR count). The molecular formula is C9H15BrN2O.